The molecule has 0 amide bonds. The van der Waals surface area contributed by atoms with E-state index < -0.39 is 51.8 Å². The van der Waals surface area contributed by atoms with E-state index in [2.05, 4.69) is 79.1 Å². The SMILES string of the molecule is CC/C=C\C/C=C\C/C=C\CCCCCCCC(=O)OC[C@H](COP(=O)(O)OC[C@@H](O)CO)OC(=O)CCC/C=C\C/C=C\C/C=C\CC1OC1CCCCC. The number of carbonyl (C=O) groups is 2. The van der Waals surface area contributed by atoms with Crippen LogP contribution in [-0.4, -0.2) is 77.9 Å². The van der Waals surface area contributed by atoms with Gasteiger partial charge in [-0.2, -0.15) is 0 Å². The predicted molar refractivity (Wildman–Crippen MR) is 223 cm³/mol. The fourth-order valence-electron chi connectivity index (χ4n) is 5.45. The van der Waals surface area contributed by atoms with Crippen LogP contribution in [0.25, 0.3) is 0 Å². The summed E-state index contributed by atoms with van der Waals surface area (Å²) in [5, 5.41) is 18.3. The molecule has 0 spiro atoms. The highest BCUT2D eigenvalue weighted by atomic mass is 31.2. The van der Waals surface area contributed by atoms with Gasteiger partial charge in [0.1, 0.15) is 12.7 Å². The molecule has 1 saturated heterocycles. The van der Waals surface area contributed by atoms with E-state index in [1.54, 1.807) is 0 Å². The highest BCUT2D eigenvalue weighted by Crippen LogP contribution is 2.43. The largest absolute Gasteiger partial charge is 0.472 e. The lowest BCUT2D eigenvalue weighted by atomic mass is 10.1. The van der Waals surface area contributed by atoms with Crippen LogP contribution in [0, 0.1) is 0 Å². The third-order valence-electron chi connectivity index (χ3n) is 8.77. The van der Waals surface area contributed by atoms with E-state index in [1.165, 1.54) is 25.7 Å². The Kier molecular flexibility index (Phi) is 32.6. The first kappa shape index (κ1) is 51.4. The average molecular weight is 809 g/mol. The monoisotopic (exact) mass is 808 g/mol. The number of hydrogen-bond acceptors (Lipinski definition) is 10. The molecule has 3 N–H and O–H groups in total. The summed E-state index contributed by atoms with van der Waals surface area (Å²) in [6.07, 6.45) is 41.9. The molecule has 0 aromatic heterocycles. The summed E-state index contributed by atoms with van der Waals surface area (Å²) in [7, 11) is -4.64. The van der Waals surface area contributed by atoms with Gasteiger partial charge in [0.2, 0.25) is 0 Å². The maximum atomic E-state index is 12.6. The number of aliphatic hydroxyl groups excluding tert-OH is 2. The zero-order valence-corrected chi connectivity index (χ0v) is 35.2. The van der Waals surface area contributed by atoms with Crippen LogP contribution in [0.4, 0.5) is 0 Å². The fourth-order valence-corrected chi connectivity index (χ4v) is 6.24. The van der Waals surface area contributed by atoms with Crippen molar-refractivity contribution in [3.63, 3.8) is 0 Å². The maximum Gasteiger partial charge on any atom is 0.472 e. The molecule has 0 aliphatic carbocycles. The molecule has 3 unspecified atom stereocenters. The highest BCUT2D eigenvalue weighted by Gasteiger charge is 2.36. The number of rotatable bonds is 37. The minimum absolute atomic E-state index is 0.0966. The van der Waals surface area contributed by atoms with Gasteiger partial charge in [-0.25, -0.2) is 4.57 Å². The van der Waals surface area contributed by atoms with Crippen LogP contribution in [-0.2, 0) is 37.4 Å². The first-order valence-electron chi connectivity index (χ1n) is 21.0. The van der Waals surface area contributed by atoms with Crippen molar-refractivity contribution in [3.8, 4) is 0 Å². The van der Waals surface area contributed by atoms with Crippen molar-refractivity contribution in [1.29, 1.82) is 0 Å². The molecule has 0 aromatic rings. The molecule has 1 aliphatic heterocycles. The van der Waals surface area contributed by atoms with Crippen LogP contribution in [0.2, 0.25) is 0 Å². The zero-order chi connectivity index (χ0) is 41.0. The lowest BCUT2D eigenvalue weighted by Gasteiger charge is -2.20. The van der Waals surface area contributed by atoms with Gasteiger partial charge in [-0.05, 0) is 77.0 Å². The molecule has 12 heteroatoms. The summed E-state index contributed by atoms with van der Waals surface area (Å²) < 4.78 is 38.3. The summed E-state index contributed by atoms with van der Waals surface area (Å²) >= 11 is 0. The van der Waals surface area contributed by atoms with Crippen LogP contribution in [0.3, 0.4) is 0 Å². The summed E-state index contributed by atoms with van der Waals surface area (Å²) in [4.78, 5) is 34.9. The van der Waals surface area contributed by atoms with Gasteiger partial charge in [0.05, 0.1) is 32.0 Å². The predicted octanol–water partition coefficient (Wildman–Crippen LogP) is 9.87. The van der Waals surface area contributed by atoms with E-state index in [-0.39, 0.29) is 19.4 Å². The van der Waals surface area contributed by atoms with Crippen molar-refractivity contribution in [1.82, 2.24) is 0 Å². The van der Waals surface area contributed by atoms with Crippen molar-refractivity contribution < 1.29 is 52.5 Å². The molecule has 5 atom stereocenters. The Labute approximate surface area is 337 Å². The first-order valence-corrected chi connectivity index (χ1v) is 22.5. The Morgan fingerprint density at radius 1 is 0.661 bits per heavy atom. The van der Waals surface area contributed by atoms with E-state index in [9.17, 15) is 24.2 Å². The van der Waals surface area contributed by atoms with Gasteiger partial charge in [-0.1, -0.05) is 125 Å². The topological polar surface area (TPSA) is 161 Å². The van der Waals surface area contributed by atoms with Crippen molar-refractivity contribution in [2.24, 2.45) is 0 Å². The maximum absolute atomic E-state index is 12.6. The second-order valence-corrected chi connectivity index (χ2v) is 15.5. The Morgan fingerprint density at radius 2 is 1.23 bits per heavy atom. The lowest BCUT2D eigenvalue weighted by Crippen LogP contribution is -2.29. The summed E-state index contributed by atoms with van der Waals surface area (Å²) in [6.45, 7) is 2.12. The number of phosphoric acid groups is 1. The molecule has 0 bridgehead atoms. The Hall–Kier alpha value is -2.63. The standard InChI is InChI=1S/C44H73O11P/c1-3-5-7-8-9-10-11-12-13-14-15-19-22-25-29-33-43(47)51-37-40(38-53-56(49,50)52-36-39(46)35-45)54-44(48)34-30-26-23-20-17-16-18-21-24-28-32-42-41(55-42)31-27-6-4-2/h5,7,9-10,12-13,16,18,20,23-24,28,39-42,45-46H,3-4,6,8,11,14-15,17,19,21-22,25-27,29-38H2,1-2H3,(H,49,50)/b7-5-,10-9-,13-12-,18-16-,23-20-,28-24-/t39-,40+,41?,42?/m0/s1. The number of unbranched alkanes of at least 4 members (excludes halogenated alkanes) is 8. The van der Waals surface area contributed by atoms with Gasteiger partial charge in [-0.15, -0.1) is 0 Å². The average Bonchev–Trinajstić information content (AvgIpc) is 3.94. The molecule has 56 heavy (non-hydrogen) atoms. The summed E-state index contributed by atoms with van der Waals surface area (Å²) in [5.74, 6) is -1.02. The van der Waals surface area contributed by atoms with Crippen molar-refractivity contribution >= 4 is 19.8 Å². The molecule has 0 aromatic carbocycles. The van der Waals surface area contributed by atoms with Crippen molar-refractivity contribution in [2.45, 2.75) is 167 Å². The third kappa shape index (κ3) is 32.5. The Morgan fingerprint density at radius 3 is 1.89 bits per heavy atom. The van der Waals surface area contributed by atoms with Crippen molar-refractivity contribution in [2.75, 3.05) is 26.4 Å². The molecular weight excluding hydrogens is 735 g/mol. The molecular formula is C44H73O11P. The molecule has 11 nitrogen and oxygen atoms in total. The van der Waals surface area contributed by atoms with Crippen LogP contribution in [0.1, 0.15) is 142 Å². The van der Waals surface area contributed by atoms with Gasteiger partial charge >= 0.3 is 19.8 Å². The van der Waals surface area contributed by atoms with E-state index in [0.29, 0.717) is 31.5 Å². The van der Waals surface area contributed by atoms with Gasteiger partial charge in [0.15, 0.2) is 6.10 Å². The molecule has 320 valence electrons. The molecule has 0 saturated carbocycles. The number of aliphatic hydroxyl groups is 2. The van der Waals surface area contributed by atoms with E-state index >= 15 is 0 Å². The molecule has 0 radical (unpaired) electrons. The smallest absolute Gasteiger partial charge is 0.462 e. The van der Waals surface area contributed by atoms with Crippen LogP contribution < -0.4 is 0 Å². The molecule has 1 fully saturated rings. The summed E-state index contributed by atoms with van der Waals surface area (Å²) in [5.41, 5.74) is 0. The molecule has 1 aliphatic rings. The highest BCUT2D eigenvalue weighted by molar-refractivity contribution is 7.47. The number of ether oxygens (including phenoxy) is 3. The van der Waals surface area contributed by atoms with E-state index in [1.807, 2.05) is 12.2 Å². The number of esters is 2. The molecule has 1 rings (SSSR count). The normalized spacial score (nSPS) is 18.2. The third-order valence-corrected chi connectivity index (χ3v) is 9.72. The second-order valence-electron chi connectivity index (χ2n) is 14.0. The first-order chi connectivity index (χ1) is 27.2. The number of hydrogen-bond donors (Lipinski definition) is 3. The van der Waals surface area contributed by atoms with Gasteiger partial charge in [-0.3, -0.25) is 18.6 Å². The minimum Gasteiger partial charge on any atom is -0.462 e. The molecule has 1 heterocycles. The van der Waals surface area contributed by atoms with Crippen molar-refractivity contribution in [3.05, 3.63) is 72.9 Å². The lowest BCUT2D eigenvalue weighted by molar-refractivity contribution is -0.161. The van der Waals surface area contributed by atoms with Gasteiger partial charge in [0.25, 0.3) is 0 Å². The van der Waals surface area contributed by atoms with Gasteiger partial charge < -0.3 is 29.3 Å². The number of epoxide rings is 1. The van der Waals surface area contributed by atoms with Crippen LogP contribution >= 0.6 is 7.82 Å². The fraction of sp³-hybridized carbons (Fsp3) is 0.682. The van der Waals surface area contributed by atoms with E-state index in [0.717, 1.165) is 70.6 Å². The number of phosphoric ester groups is 1. The number of carbonyl (C=O) groups excluding carboxylic acids is 2. The van der Waals surface area contributed by atoms with Crippen LogP contribution in [0.15, 0.2) is 72.9 Å². The summed E-state index contributed by atoms with van der Waals surface area (Å²) in [6, 6.07) is 0. The quantitative estimate of drug-likeness (QED) is 0.0180. The second kappa shape index (κ2) is 35.5. The van der Waals surface area contributed by atoms with Crippen LogP contribution in [0.5, 0.6) is 0 Å². The minimum atomic E-state index is -4.64. The van der Waals surface area contributed by atoms with Gasteiger partial charge in [0, 0.05) is 12.8 Å². The number of allylic oxidation sites excluding steroid dienone is 11. The Balaban J connectivity index is 2.32. The zero-order valence-electron chi connectivity index (χ0n) is 34.3. The Bertz CT molecular complexity index is 1230. The van der Waals surface area contributed by atoms with E-state index in [4.69, 9.17) is 23.8 Å².